The molecule has 1 aliphatic rings. The van der Waals surface area contributed by atoms with E-state index in [2.05, 4.69) is 15.3 Å². The third kappa shape index (κ3) is 5.69. The second-order valence-corrected chi connectivity index (χ2v) is 12.4. The van der Waals surface area contributed by atoms with Crippen molar-refractivity contribution in [2.24, 2.45) is 4.99 Å². The number of nitrogens with zero attached hydrogens (tertiary/aromatic N) is 2. The van der Waals surface area contributed by atoms with Crippen molar-refractivity contribution >= 4 is 28.7 Å². The van der Waals surface area contributed by atoms with E-state index in [-0.39, 0.29) is 23.0 Å². The Balaban J connectivity index is 1.39. The summed E-state index contributed by atoms with van der Waals surface area (Å²) in [5.74, 6) is -3.13. The first-order chi connectivity index (χ1) is 24.1. The zero-order valence-corrected chi connectivity index (χ0v) is 28.0. The fraction of sp³-hybridized carbons (Fsp3) is 0.179. The van der Waals surface area contributed by atoms with Crippen molar-refractivity contribution in [3.05, 3.63) is 148 Å². The maximum absolute atomic E-state index is 16.1. The van der Waals surface area contributed by atoms with E-state index in [1.165, 1.54) is 19.1 Å². The van der Waals surface area contributed by atoms with Crippen molar-refractivity contribution in [2.75, 3.05) is 20.8 Å². The third-order valence-corrected chi connectivity index (χ3v) is 9.30. The van der Waals surface area contributed by atoms with Crippen molar-refractivity contribution in [2.45, 2.75) is 23.9 Å². The highest BCUT2D eigenvalue weighted by molar-refractivity contribution is 6.31. The summed E-state index contributed by atoms with van der Waals surface area (Å²) in [6.07, 6.45) is 0. The molecule has 1 atom stereocenters. The van der Waals surface area contributed by atoms with Gasteiger partial charge in [0.15, 0.2) is 17.7 Å². The van der Waals surface area contributed by atoms with Crippen LogP contribution < -0.4 is 14.8 Å². The summed E-state index contributed by atoms with van der Waals surface area (Å²) in [5.41, 5.74) is -0.592. The summed E-state index contributed by atoms with van der Waals surface area (Å²) in [6.45, 7) is 0.118. The first-order valence-electron chi connectivity index (χ1n) is 15.7. The van der Waals surface area contributed by atoms with Gasteiger partial charge < -0.3 is 23.9 Å². The van der Waals surface area contributed by atoms with Crippen molar-refractivity contribution in [3.63, 3.8) is 0 Å². The molecule has 0 aliphatic carbocycles. The molecular formula is C39H31ClF3N3O4. The minimum absolute atomic E-state index is 0.118. The lowest BCUT2D eigenvalue weighted by Crippen LogP contribution is -2.56. The van der Waals surface area contributed by atoms with Crippen LogP contribution in [0.25, 0.3) is 22.6 Å². The number of benzene rings is 5. The molecule has 2 heterocycles. The van der Waals surface area contributed by atoms with Gasteiger partial charge in [0.1, 0.15) is 28.4 Å². The number of halogens is 4. The molecule has 0 amide bonds. The lowest BCUT2D eigenvalue weighted by Gasteiger charge is -2.42. The van der Waals surface area contributed by atoms with Crippen LogP contribution in [0.2, 0.25) is 5.02 Å². The quantitative estimate of drug-likeness (QED) is 0.160. The van der Waals surface area contributed by atoms with Crippen LogP contribution in [0.5, 0.6) is 11.5 Å². The number of hydrogen-bond donors (Lipinski definition) is 1. The van der Waals surface area contributed by atoms with E-state index in [1.807, 2.05) is 54.6 Å². The Morgan fingerprint density at radius 3 is 2.04 bits per heavy atom. The second-order valence-electron chi connectivity index (χ2n) is 12.0. The van der Waals surface area contributed by atoms with Crippen molar-refractivity contribution in [1.82, 2.24) is 10.3 Å². The molecule has 1 aliphatic heterocycles. The van der Waals surface area contributed by atoms with Gasteiger partial charge in [-0.15, -0.1) is 0 Å². The number of nitrogens with one attached hydrogen (secondary N) is 1. The number of rotatable bonds is 8. The Bertz CT molecular complexity index is 2140. The number of oxazole rings is 1. The van der Waals surface area contributed by atoms with Crippen LogP contribution in [0.4, 0.5) is 13.2 Å². The van der Waals surface area contributed by atoms with E-state index in [4.69, 9.17) is 30.2 Å². The van der Waals surface area contributed by atoms with Crippen molar-refractivity contribution in [3.8, 4) is 23.0 Å². The maximum atomic E-state index is 16.1. The number of ether oxygens (including phenoxy) is 3. The van der Waals surface area contributed by atoms with Gasteiger partial charge in [0.2, 0.25) is 5.89 Å². The summed E-state index contributed by atoms with van der Waals surface area (Å²) in [4.78, 5) is 8.95. The highest BCUT2D eigenvalue weighted by Gasteiger charge is 2.57. The van der Waals surface area contributed by atoms with Gasteiger partial charge in [-0.25, -0.2) is 14.4 Å². The molecule has 6 aromatic rings. The molecule has 1 aromatic heterocycles. The fourth-order valence-corrected chi connectivity index (χ4v) is 6.40. The molecule has 0 spiro atoms. The molecule has 0 fully saturated rings. The van der Waals surface area contributed by atoms with E-state index < -0.39 is 29.4 Å². The highest BCUT2D eigenvalue weighted by atomic mass is 35.5. The number of aliphatic imine (C=N–C) groups is 1. The molecule has 5 aromatic carbocycles. The Kier molecular flexibility index (Phi) is 8.43. The van der Waals surface area contributed by atoms with Crippen LogP contribution in [-0.4, -0.2) is 37.8 Å². The van der Waals surface area contributed by atoms with Gasteiger partial charge in [-0.1, -0.05) is 66.2 Å². The van der Waals surface area contributed by atoms with E-state index in [0.717, 1.165) is 22.8 Å². The molecule has 0 saturated heterocycles. The SMILES string of the molecule is COc1ccc(C(NC2=N[C@](C)(c3cc(-c4nc5ccc(Cl)cc5o4)ccc3F)C(F)(F)CO2)(c2ccccc2)c2ccc(OC)cc2)cc1. The first kappa shape index (κ1) is 33.0. The number of fused-ring (bicyclic) bond motifs is 1. The number of methoxy groups -OCH3 is 2. The molecule has 0 bridgehead atoms. The summed E-state index contributed by atoms with van der Waals surface area (Å²) < 4.78 is 70.4. The molecule has 1 N–H and O–H groups in total. The topological polar surface area (TPSA) is 78.1 Å². The lowest BCUT2D eigenvalue weighted by molar-refractivity contribution is -0.118. The smallest absolute Gasteiger partial charge is 0.310 e. The van der Waals surface area contributed by atoms with Gasteiger partial charge in [-0.2, -0.15) is 8.78 Å². The van der Waals surface area contributed by atoms with Gasteiger partial charge in [0, 0.05) is 22.2 Å². The Morgan fingerprint density at radius 1 is 0.800 bits per heavy atom. The Morgan fingerprint density at radius 2 is 1.42 bits per heavy atom. The summed E-state index contributed by atoms with van der Waals surface area (Å²) in [7, 11) is 3.14. The van der Waals surface area contributed by atoms with E-state index >= 15 is 13.2 Å². The molecule has 50 heavy (non-hydrogen) atoms. The maximum Gasteiger partial charge on any atom is 0.310 e. The normalized spacial score (nSPS) is 17.1. The van der Waals surface area contributed by atoms with Gasteiger partial charge in [-0.3, -0.25) is 0 Å². The molecule has 0 radical (unpaired) electrons. The molecule has 11 heteroatoms. The van der Waals surface area contributed by atoms with Gasteiger partial charge >= 0.3 is 5.92 Å². The van der Waals surface area contributed by atoms with Crippen LogP contribution >= 0.6 is 11.6 Å². The number of alkyl halides is 2. The number of aromatic nitrogens is 1. The van der Waals surface area contributed by atoms with Crippen LogP contribution in [0.1, 0.15) is 29.2 Å². The summed E-state index contributed by atoms with van der Waals surface area (Å²) in [5, 5.41) is 3.84. The molecule has 7 rings (SSSR count). The summed E-state index contributed by atoms with van der Waals surface area (Å²) >= 11 is 6.11. The number of hydrogen-bond acceptors (Lipinski definition) is 7. The van der Waals surface area contributed by atoms with E-state index in [9.17, 15) is 0 Å². The van der Waals surface area contributed by atoms with E-state index in [1.54, 1.807) is 56.7 Å². The highest BCUT2D eigenvalue weighted by Crippen LogP contribution is 2.47. The van der Waals surface area contributed by atoms with Crippen LogP contribution in [-0.2, 0) is 15.8 Å². The average Bonchev–Trinajstić information content (AvgIpc) is 3.56. The predicted octanol–water partition coefficient (Wildman–Crippen LogP) is 9.12. The van der Waals surface area contributed by atoms with Crippen LogP contribution in [0, 0.1) is 5.82 Å². The van der Waals surface area contributed by atoms with Crippen molar-refractivity contribution < 1.29 is 31.8 Å². The molecule has 254 valence electrons. The summed E-state index contributed by atoms with van der Waals surface area (Å²) in [6, 6.07) is 32.7. The third-order valence-electron chi connectivity index (χ3n) is 9.06. The predicted molar refractivity (Wildman–Crippen MR) is 186 cm³/mol. The van der Waals surface area contributed by atoms with E-state index in [0.29, 0.717) is 27.6 Å². The van der Waals surface area contributed by atoms with Gasteiger partial charge in [0.05, 0.1) is 14.2 Å². The van der Waals surface area contributed by atoms with Crippen LogP contribution in [0.3, 0.4) is 0 Å². The molecule has 0 saturated carbocycles. The fourth-order valence-electron chi connectivity index (χ4n) is 6.24. The average molecular weight is 698 g/mol. The Hall–Kier alpha value is -5.48. The monoisotopic (exact) mass is 697 g/mol. The largest absolute Gasteiger partial charge is 0.497 e. The minimum Gasteiger partial charge on any atom is -0.497 e. The van der Waals surface area contributed by atoms with Gasteiger partial charge in [0.25, 0.3) is 6.02 Å². The minimum atomic E-state index is -3.62. The number of amidine groups is 1. The standard InChI is InChI=1S/C39H31ClF3N3O4/c1-37(31-21-24(9-19-32(31)41)35-44-33-20-14-28(40)22-34(33)50-35)38(42,43)23-49-36(45-37)46-39(25-7-5-4-6-8-25,26-10-15-29(47-2)16-11-26)27-12-17-30(48-3)18-13-27/h4-22H,23H2,1-3H3,(H,45,46)/t37-/m1/s1. The molecular weight excluding hydrogens is 667 g/mol. The zero-order chi connectivity index (χ0) is 35.1. The zero-order valence-electron chi connectivity index (χ0n) is 27.2. The van der Waals surface area contributed by atoms with Crippen LogP contribution in [0.15, 0.2) is 125 Å². The van der Waals surface area contributed by atoms with Gasteiger partial charge in [-0.05, 0) is 78.2 Å². The Labute approximate surface area is 291 Å². The van der Waals surface area contributed by atoms with Crippen molar-refractivity contribution in [1.29, 1.82) is 0 Å². The lowest BCUT2D eigenvalue weighted by atomic mass is 9.77. The molecule has 7 nitrogen and oxygen atoms in total. The molecule has 0 unspecified atom stereocenters. The first-order valence-corrected chi connectivity index (χ1v) is 16.0. The second kappa shape index (κ2) is 12.8.